The summed E-state index contributed by atoms with van der Waals surface area (Å²) in [4.78, 5) is 23.3. The summed E-state index contributed by atoms with van der Waals surface area (Å²) in [5.74, 6) is -0.0788. The van der Waals surface area contributed by atoms with E-state index in [1.54, 1.807) is 11.3 Å². The first kappa shape index (κ1) is 17.0. The number of nitrogens with one attached hydrogen (secondary N) is 2. The second-order valence-electron chi connectivity index (χ2n) is 6.21. The second-order valence-corrected chi connectivity index (χ2v) is 7.33. The minimum Gasteiger partial charge on any atom is -0.311 e. The normalized spacial score (nSPS) is 18.5. The van der Waals surface area contributed by atoms with Gasteiger partial charge in [-0.15, -0.1) is 11.3 Å². The largest absolute Gasteiger partial charge is 0.311 e. The van der Waals surface area contributed by atoms with E-state index in [1.165, 1.54) is 17.4 Å². The molecule has 24 heavy (non-hydrogen) atoms. The number of carbonyl (C=O) groups excluding carboxylic acids is 1. The van der Waals surface area contributed by atoms with E-state index >= 15 is 0 Å². The van der Waals surface area contributed by atoms with Crippen molar-refractivity contribution in [2.45, 2.75) is 32.9 Å². The Bertz CT molecular complexity index is 685. The number of hydrogen-bond donors (Lipinski definition) is 2. The van der Waals surface area contributed by atoms with Gasteiger partial charge in [-0.05, 0) is 25.0 Å². The van der Waals surface area contributed by atoms with Crippen LogP contribution in [0.2, 0.25) is 0 Å². The monoisotopic (exact) mass is 345 g/mol. The molecule has 0 aliphatic carbocycles. The summed E-state index contributed by atoms with van der Waals surface area (Å²) in [6, 6.07) is 4.66. The van der Waals surface area contributed by atoms with Crippen molar-refractivity contribution < 1.29 is 4.79 Å². The van der Waals surface area contributed by atoms with Gasteiger partial charge in [0.1, 0.15) is 0 Å². The zero-order valence-electron chi connectivity index (χ0n) is 14.1. The standard InChI is InChI=1S/C17H23N5OS/c1-12-3-4-14(8-19-12)7-15-10-22(6-5-18-15)11-16-9-20-17(24-16)21-13(2)23/h3-4,8-9,15,18H,5-7,10-11H2,1-2H3,(H,20,21,23)/t15-/m1/s1. The Labute approximate surface area is 146 Å². The van der Waals surface area contributed by atoms with Crippen molar-refractivity contribution in [1.82, 2.24) is 20.2 Å². The van der Waals surface area contributed by atoms with E-state index in [1.807, 2.05) is 19.3 Å². The Morgan fingerprint density at radius 2 is 2.29 bits per heavy atom. The minimum absolute atomic E-state index is 0.0788. The predicted octanol–water partition coefficient (Wildman–Crippen LogP) is 1.82. The van der Waals surface area contributed by atoms with Gasteiger partial charge >= 0.3 is 0 Å². The fourth-order valence-corrected chi connectivity index (χ4v) is 3.79. The molecule has 0 spiro atoms. The molecule has 2 N–H and O–H groups in total. The van der Waals surface area contributed by atoms with Crippen LogP contribution in [0.5, 0.6) is 0 Å². The van der Waals surface area contributed by atoms with Crippen LogP contribution in [-0.4, -0.2) is 46.5 Å². The molecule has 128 valence electrons. The summed E-state index contributed by atoms with van der Waals surface area (Å²) in [6.07, 6.45) is 4.82. The highest BCUT2D eigenvalue weighted by atomic mass is 32.1. The molecule has 3 rings (SSSR count). The van der Waals surface area contributed by atoms with Crippen LogP contribution in [0, 0.1) is 6.92 Å². The second kappa shape index (κ2) is 7.83. The number of thiazole rings is 1. The Hall–Kier alpha value is -1.83. The highest BCUT2D eigenvalue weighted by Gasteiger charge is 2.20. The van der Waals surface area contributed by atoms with Gasteiger partial charge in [0.05, 0.1) is 0 Å². The molecule has 1 amide bonds. The fourth-order valence-electron chi connectivity index (χ4n) is 2.89. The maximum atomic E-state index is 11.1. The Kier molecular flexibility index (Phi) is 5.55. The number of rotatable bonds is 5. The smallest absolute Gasteiger partial charge is 0.223 e. The summed E-state index contributed by atoms with van der Waals surface area (Å²) in [7, 11) is 0. The van der Waals surface area contributed by atoms with E-state index in [-0.39, 0.29) is 5.91 Å². The van der Waals surface area contributed by atoms with Crippen LogP contribution in [0.1, 0.15) is 23.1 Å². The molecule has 6 nitrogen and oxygen atoms in total. The van der Waals surface area contributed by atoms with Gasteiger partial charge in [0.15, 0.2) is 5.13 Å². The molecule has 0 bridgehead atoms. The average Bonchev–Trinajstić information content (AvgIpc) is 2.96. The van der Waals surface area contributed by atoms with Crippen molar-refractivity contribution in [1.29, 1.82) is 0 Å². The van der Waals surface area contributed by atoms with Gasteiger partial charge in [0.2, 0.25) is 5.91 Å². The lowest BCUT2D eigenvalue weighted by atomic mass is 10.1. The Morgan fingerprint density at radius 3 is 3.04 bits per heavy atom. The summed E-state index contributed by atoms with van der Waals surface area (Å²) in [6.45, 7) is 7.40. The van der Waals surface area contributed by atoms with E-state index < -0.39 is 0 Å². The maximum absolute atomic E-state index is 11.1. The third-order valence-electron chi connectivity index (χ3n) is 4.01. The van der Waals surface area contributed by atoms with Gasteiger partial charge in [-0.2, -0.15) is 0 Å². The van der Waals surface area contributed by atoms with E-state index in [0.717, 1.165) is 38.3 Å². The molecule has 1 fully saturated rings. The van der Waals surface area contributed by atoms with Crippen LogP contribution in [-0.2, 0) is 17.8 Å². The van der Waals surface area contributed by atoms with Gasteiger partial charge in [-0.25, -0.2) is 4.98 Å². The van der Waals surface area contributed by atoms with Gasteiger partial charge in [0.25, 0.3) is 0 Å². The van der Waals surface area contributed by atoms with E-state index in [4.69, 9.17) is 0 Å². The number of piperazine rings is 1. The molecule has 1 atom stereocenters. The number of aromatic nitrogens is 2. The zero-order chi connectivity index (χ0) is 16.9. The van der Waals surface area contributed by atoms with Crippen LogP contribution in [0.3, 0.4) is 0 Å². The highest BCUT2D eigenvalue weighted by molar-refractivity contribution is 7.15. The Morgan fingerprint density at radius 1 is 1.42 bits per heavy atom. The summed E-state index contributed by atoms with van der Waals surface area (Å²) in [5, 5.41) is 7.01. The van der Waals surface area contributed by atoms with Crippen LogP contribution >= 0.6 is 11.3 Å². The van der Waals surface area contributed by atoms with Gasteiger partial charge in [0, 0.05) is 62.1 Å². The first-order chi connectivity index (χ1) is 11.6. The van der Waals surface area contributed by atoms with Gasteiger partial charge in [-0.3, -0.25) is 14.7 Å². The van der Waals surface area contributed by atoms with Crippen LogP contribution in [0.25, 0.3) is 0 Å². The summed E-state index contributed by atoms with van der Waals surface area (Å²) in [5.41, 5.74) is 2.32. The number of pyridine rings is 1. The molecule has 0 radical (unpaired) electrons. The number of aryl methyl sites for hydroxylation is 1. The Balaban J connectivity index is 1.54. The molecular weight excluding hydrogens is 322 g/mol. The zero-order valence-corrected chi connectivity index (χ0v) is 14.9. The van der Waals surface area contributed by atoms with Crippen molar-refractivity contribution in [3.8, 4) is 0 Å². The molecule has 0 unspecified atom stereocenters. The highest BCUT2D eigenvalue weighted by Crippen LogP contribution is 2.20. The number of hydrogen-bond acceptors (Lipinski definition) is 6. The lowest BCUT2D eigenvalue weighted by molar-refractivity contribution is -0.114. The fraction of sp³-hybridized carbons (Fsp3) is 0.471. The van der Waals surface area contributed by atoms with Crippen molar-refractivity contribution in [3.63, 3.8) is 0 Å². The molecule has 1 aliphatic heterocycles. The third kappa shape index (κ3) is 4.83. The van der Waals surface area contributed by atoms with E-state index in [9.17, 15) is 4.79 Å². The molecule has 1 aliphatic rings. The molecule has 0 saturated carbocycles. The minimum atomic E-state index is -0.0788. The lowest BCUT2D eigenvalue weighted by Gasteiger charge is -2.33. The number of anilines is 1. The van der Waals surface area contributed by atoms with Crippen molar-refractivity contribution in [3.05, 3.63) is 40.7 Å². The molecule has 0 aromatic carbocycles. The first-order valence-electron chi connectivity index (χ1n) is 8.18. The van der Waals surface area contributed by atoms with Gasteiger partial charge < -0.3 is 10.6 Å². The predicted molar refractivity (Wildman–Crippen MR) is 96.2 cm³/mol. The van der Waals surface area contributed by atoms with Crippen LogP contribution < -0.4 is 10.6 Å². The van der Waals surface area contributed by atoms with Crippen LogP contribution in [0.4, 0.5) is 5.13 Å². The molecule has 3 heterocycles. The summed E-state index contributed by atoms with van der Waals surface area (Å²) < 4.78 is 0. The van der Waals surface area contributed by atoms with E-state index in [2.05, 4.69) is 37.6 Å². The summed E-state index contributed by atoms with van der Waals surface area (Å²) >= 11 is 1.55. The number of carbonyl (C=O) groups is 1. The quantitative estimate of drug-likeness (QED) is 0.865. The van der Waals surface area contributed by atoms with Crippen molar-refractivity contribution >= 4 is 22.4 Å². The van der Waals surface area contributed by atoms with Gasteiger partial charge in [-0.1, -0.05) is 6.07 Å². The SMILES string of the molecule is CC(=O)Nc1ncc(CN2CCN[C@H](Cc3ccc(C)nc3)C2)s1. The van der Waals surface area contributed by atoms with Crippen molar-refractivity contribution in [2.24, 2.45) is 0 Å². The lowest BCUT2D eigenvalue weighted by Crippen LogP contribution is -2.51. The average molecular weight is 345 g/mol. The first-order valence-corrected chi connectivity index (χ1v) is 9.00. The topological polar surface area (TPSA) is 70.2 Å². The van der Waals surface area contributed by atoms with Crippen molar-refractivity contribution in [2.75, 3.05) is 25.0 Å². The molecule has 2 aromatic rings. The number of amides is 1. The maximum Gasteiger partial charge on any atom is 0.223 e. The molecule has 2 aromatic heterocycles. The third-order valence-corrected chi connectivity index (χ3v) is 4.91. The van der Waals surface area contributed by atoms with E-state index in [0.29, 0.717) is 11.2 Å². The molecule has 1 saturated heterocycles. The molecule has 7 heteroatoms. The van der Waals surface area contributed by atoms with Crippen LogP contribution in [0.15, 0.2) is 24.5 Å². The molecular formula is C17H23N5OS. The number of nitrogens with zero attached hydrogens (tertiary/aromatic N) is 3.